The predicted molar refractivity (Wildman–Crippen MR) is 55.2 cm³/mol. The molecule has 15 heavy (non-hydrogen) atoms. The van der Waals surface area contributed by atoms with Gasteiger partial charge in [-0.3, -0.25) is 0 Å². The molecule has 0 aromatic heterocycles. The zero-order valence-electron chi connectivity index (χ0n) is 7.89. The van der Waals surface area contributed by atoms with Gasteiger partial charge in [0.25, 0.3) is 0 Å². The Balaban J connectivity index is 2.84. The van der Waals surface area contributed by atoms with Crippen molar-refractivity contribution in [2.45, 2.75) is 6.10 Å². The first-order valence-corrected chi connectivity index (χ1v) is 4.88. The number of ether oxygens (including phenoxy) is 1. The lowest BCUT2D eigenvalue weighted by Gasteiger charge is -2.13. The molecular formula is C10H11ClO4. The van der Waals surface area contributed by atoms with Crippen LogP contribution in [0.15, 0.2) is 24.3 Å². The van der Waals surface area contributed by atoms with Crippen molar-refractivity contribution in [2.75, 3.05) is 12.5 Å². The van der Waals surface area contributed by atoms with Crippen molar-refractivity contribution in [3.05, 3.63) is 29.8 Å². The quantitative estimate of drug-likeness (QED) is 0.757. The normalized spacial score (nSPS) is 12.3. The van der Waals surface area contributed by atoms with E-state index < -0.39 is 12.1 Å². The van der Waals surface area contributed by atoms with E-state index in [2.05, 4.69) is 0 Å². The second-order valence-electron chi connectivity index (χ2n) is 2.87. The van der Waals surface area contributed by atoms with Gasteiger partial charge in [0.05, 0.1) is 6.61 Å². The molecule has 0 radical (unpaired) electrons. The SMILES string of the molecule is O=C(O)C(OCCCl)c1cccc(O)c1. The van der Waals surface area contributed by atoms with Crippen molar-refractivity contribution in [3.8, 4) is 5.75 Å². The van der Waals surface area contributed by atoms with E-state index in [9.17, 15) is 9.90 Å². The number of benzene rings is 1. The molecule has 82 valence electrons. The number of phenolic OH excluding ortho intramolecular Hbond substituents is 1. The summed E-state index contributed by atoms with van der Waals surface area (Å²) in [5, 5.41) is 18.1. The Hall–Kier alpha value is -1.26. The Bertz CT molecular complexity index is 340. The first-order valence-electron chi connectivity index (χ1n) is 4.34. The van der Waals surface area contributed by atoms with E-state index in [4.69, 9.17) is 21.4 Å². The summed E-state index contributed by atoms with van der Waals surface area (Å²) in [5.41, 5.74) is 0.396. The van der Waals surface area contributed by atoms with Crippen molar-refractivity contribution in [1.29, 1.82) is 0 Å². The van der Waals surface area contributed by atoms with Crippen LogP contribution in [0.1, 0.15) is 11.7 Å². The number of hydrogen-bond donors (Lipinski definition) is 2. The molecular weight excluding hydrogens is 220 g/mol. The summed E-state index contributed by atoms with van der Waals surface area (Å²) >= 11 is 5.40. The highest BCUT2D eigenvalue weighted by atomic mass is 35.5. The number of hydrogen-bond acceptors (Lipinski definition) is 3. The van der Waals surface area contributed by atoms with Crippen LogP contribution in [-0.2, 0) is 9.53 Å². The molecule has 1 aromatic carbocycles. The fourth-order valence-electron chi connectivity index (χ4n) is 1.16. The third-order valence-electron chi connectivity index (χ3n) is 1.76. The van der Waals surface area contributed by atoms with Crippen LogP contribution in [0.3, 0.4) is 0 Å². The standard InChI is InChI=1S/C10H11ClO4/c11-4-5-15-9(10(13)14)7-2-1-3-8(12)6-7/h1-3,6,9,12H,4-5H2,(H,13,14). The first-order chi connectivity index (χ1) is 7.15. The van der Waals surface area contributed by atoms with Crippen LogP contribution in [-0.4, -0.2) is 28.7 Å². The summed E-state index contributed by atoms with van der Waals surface area (Å²) in [4.78, 5) is 10.9. The molecule has 0 saturated carbocycles. The molecule has 0 fully saturated rings. The summed E-state index contributed by atoms with van der Waals surface area (Å²) < 4.78 is 5.05. The van der Waals surface area contributed by atoms with Crippen LogP contribution in [0.2, 0.25) is 0 Å². The lowest BCUT2D eigenvalue weighted by Crippen LogP contribution is -2.16. The lowest BCUT2D eigenvalue weighted by atomic mass is 10.1. The Morgan fingerprint density at radius 1 is 1.53 bits per heavy atom. The molecule has 0 heterocycles. The monoisotopic (exact) mass is 230 g/mol. The van der Waals surface area contributed by atoms with Crippen LogP contribution in [0, 0.1) is 0 Å². The largest absolute Gasteiger partial charge is 0.508 e. The molecule has 0 bridgehead atoms. The highest BCUT2D eigenvalue weighted by Gasteiger charge is 2.20. The summed E-state index contributed by atoms with van der Waals surface area (Å²) in [6.07, 6.45) is -1.09. The van der Waals surface area contributed by atoms with Crippen LogP contribution in [0.4, 0.5) is 0 Å². The van der Waals surface area contributed by atoms with Crippen LogP contribution < -0.4 is 0 Å². The number of aromatic hydroxyl groups is 1. The van der Waals surface area contributed by atoms with Gasteiger partial charge in [-0.25, -0.2) is 4.79 Å². The Kier molecular flexibility index (Phi) is 4.39. The van der Waals surface area contributed by atoms with Gasteiger partial charge < -0.3 is 14.9 Å². The maximum atomic E-state index is 10.9. The van der Waals surface area contributed by atoms with Gasteiger partial charge in [-0.2, -0.15) is 0 Å². The van der Waals surface area contributed by atoms with Gasteiger partial charge in [-0.1, -0.05) is 12.1 Å². The van der Waals surface area contributed by atoms with Crippen molar-refractivity contribution >= 4 is 17.6 Å². The second-order valence-corrected chi connectivity index (χ2v) is 3.25. The number of aliphatic carboxylic acids is 1. The van der Waals surface area contributed by atoms with E-state index in [0.29, 0.717) is 5.56 Å². The van der Waals surface area contributed by atoms with Crippen molar-refractivity contribution in [2.24, 2.45) is 0 Å². The number of carbonyl (C=O) groups is 1. The lowest BCUT2D eigenvalue weighted by molar-refractivity contribution is -0.150. The van der Waals surface area contributed by atoms with E-state index >= 15 is 0 Å². The highest BCUT2D eigenvalue weighted by molar-refractivity contribution is 6.17. The second kappa shape index (κ2) is 5.58. The number of alkyl halides is 1. The van der Waals surface area contributed by atoms with Crippen molar-refractivity contribution in [3.63, 3.8) is 0 Å². The van der Waals surface area contributed by atoms with E-state index in [-0.39, 0.29) is 18.2 Å². The molecule has 0 aliphatic heterocycles. The average Bonchev–Trinajstić information content (AvgIpc) is 2.18. The number of carboxylic acids is 1. The topological polar surface area (TPSA) is 66.8 Å². The van der Waals surface area contributed by atoms with Crippen LogP contribution in [0.5, 0.6) is 5.75 Å². The third-order valence-corrected chi connectivity index (χ3v) is 1.91. The minimum atomic E-state index is -1.11. The molecule has 1 rings (SSSR count). The number of rotatable bonds is 5. The molecule has 1 atom stereocenters. The molecule has 0 aliphatic carbocycles. The zero-order chi connectivity index (χ0) is 11.3. The maximum Gasteiger partial charge on any atom is 0.337 e. The summed E-state index contributed by atoms with van der Waals surface area (Å²) in [6, 6.07) is 5.95. The Morgan fingerprint density at radius 2 is 2.27 bits per heavy atom. The Labute approximate surface area is 92.1 Å². The van der Waals surface area contributed by atoms with E-state index in [0.717, 1.165) is 0 Å². The fraction of sp³-hybridized carbons (Fsp3) is 0.300. The Morgan fingerprint density at radius 3 is 2.80 bits per heavy atom. The van der Waals surface area contributed by atoms with Crippen LogP contribution in [0.25, 0.3) is 0 Å². The third kappa shape index (κ3) is 3.42. The van der Waals surface area contributed by atoms with Gasteiger partial charge in [-0.05, 0) is 17.7 Å². The molecule has 4 nitrogen and oxygen atoms in total. The van der Waals surface area contributed by atoms with Gasteiger partial charge in [0.2, 0.25) is 0 Å². The molecule has 0 amide bonds. The fourth-order valence-corrected chi connectivity index (χ4v) is 1.25. The average molecular weight is 231 g/mol. The summed E-state index contributed by atoms with van der Waals surface area (Å²) in [6.45, 7) is 0.147. The minimum Gasteiger partial charge on any atom is -0.508 e. The van der Waals surface area contributed by atoms with Crippen molar-refractivity contribution < 1.29 is 19.7 Å². The minimum absolute atomic E-state index is 0.00761. The predicted octanol–water partition coefficient (Wildman–Crippen LogP) is 1.77. The molecule has 2 N–H and O–H groups in total. The molecule has 1 aromatic rings. The number of phenols is 1. The first kappa shape index (κ1) is 11.8. The van der Waals surface area contributed by atoms with Gasteiger partial charge in [0.1, 0.15) is 5.75 Å². The molecule has 0 spiro atoms. The molecule has 5 heteroatoms. The number of halogens is 1. The molecule has 1 unspecified atom stereocenters. The van der Waals surface area contributed by atoms with E-state index in [1.807, 2.05) is 0 Å². The molecule has 0 saturated heterocycles. The van der Waals surface area contributed by atoms with Gasteiger partial charge in [0, 0.05) is 5.88 Å². The number of carboxylic acid groups (broad SMARTS) is 1. The van der Waals surface area contributed by atoms with Crippen molar-refractivity contribution in [1.82, 2.24) is 0 Å². The van der Waals surface area contributed by atoms with E-state index in [1.165, 1.54) is 12.1 Å². The van der Waals surface area contributed by atoms with Crippen LogP contribution >= 0.6 is 11.6 Å². The van der Waals surface area contributed by atoms with E-state index in [1.54, 1.807) is 12.1 Å². The summed E-state index contributed by atoms with van der Waals surface area (Å²) in [5.74, 6) is -0.873. The molecule has 0 aliphatic rings. The van der Waals surface area contributed by atoms with Gasteiger partial charge in [-0.15, -0.1) is 11.6 Å². The highest BCUT2D eigenvalue weighted by Crippen LogP contribution is 2.21. The van der Waals surface area contributed by atoms with Gasteiger partial charge in [0.15, 0.2) is 6.10 Å². The summed E-state index contributed by atoms with van der Waals surface area (Å²) in [7, 11) is 0. The smallest absolute Gasteiger partial charge is 0.337 e. The maximum absolute atomic E-state index is 10.9. The van der Waals surface area contributed by atoms with Gasteiger partial charge >= 0.3 is 5.97 Å². The zero-order valence-corrected chi connectivity index (χ0v) is 8.65.